The van der Waals surface area contributed by atoms with Gasteiger partial charge in [-0.25, -0.2) is 17.6 Å². The van der Waals surface area contributed by atoms with E-state index in [4.69, 9.17) is 14.6 Å². The molecule has 1 N–H and O–H groups in total. The molecule has 8 nitrogen and oxygen atoms in total. The third kappa shape index (κ3) is 5.89. The van der Waals surface area contributed by atoms with E-state index in [1.54, 1.807) is 48.5 Å². The number of carbonyl (C=O) groups is 2. The molecule has 0 fully saturated rings. The van der Waals surface area contributed by atoms with Crippen molar-refractivity contribution in [3.8, 4) is 23.0 Å². The molecule has 2 amide bonds. The van der Waals surface area contributed by atoms with E-state index in [9.17, 15) is 27.2 Å². The maximum atomic E-state index is 13.8. The summed E-state index contributed by atoms with van der Waals surface area (Å²) in [5, 5.41) is 9.09. The van der Waals surface area contributed by atoms with Gasteiger partial charge >= 0.3 is 0 Å². The molecule has 0 aliphatic carbocycles. The van der Waals surface area contributed by atoms with Gasteiger partial charge in [0.25, 0.3) is 11.8 Å². The number of hydrogen-bond acceptors (Lipinski definition) is 6. The molecule has 4 aromatic carbocycles. The fourth-order valence-corrected chi connectivity index (χ4v) is 4.64. The SMILES string of the molecule is COc1c(F)cc(C(=O)N2CCOc3ccccc32)cc1F.O=C(c1cc(F)c(O)c(F)c1)N1CCOc2ccccc21. The lowest BCUT2D eigenvalue weighted by molar-refractivity contribution is 0.0968. The third-order valence-electron chi connectivity index (χ3n) is 6.66. The van der Waals surface area contributed by atoms with Gasteiger partial charge in [-0.2, -0.15) is 0 Å². The van der Waals surface area contributed by atoms with E-state index < -0.39 is 46.6 Å². The summed E-state index contributed by atoms with van der Waals surface area (Å²) in [7, 11) is 1.17. The topological polar surface area (TPSA) is 88.5 Å². The lowest BCUT2D eigenvalue weighted by Crippen LogP contribution is -2.38. The number of rotatable bonds is 3. The number of nitrogens with zero attached hydrogens (tertiary/aromatic N) is 2. The van der Waals surface area contributed by atoms with Crippen molar-refractivity contribution in [3.63, 3.8) is 0 Å². The molecule has 2 aliphatic rings. The van der Waals surface area contributed by atoms with Gasteiger partial charge in [-0.3, -0.25) is 9.59 Å². The van der Waals surface area contributed by atoms with Crippen LogP contribution in [0.2, 0.25) is 0 Å². The standard InChI is InChI=1S/C16H13F2NO3.C15H11F2NO3/c1-21-15-11(17)8-10(9-12(15)18)16(20)19-6-7-22-14-5-3-2-4-13(14)19;16-10-7-9(8-11(17)14(10)19)15(20)18-5-6-21-13-4-2-1-3-12(13)18/h2-5,8-9H,6-7H2,1H3;1-4,7-8,19H,5-6H2. The Morgan fingerprint density at radius 3 is 1.51 bits per heavy atom. The van der Waals surface area contributed by atoms with Crippen LogP contribution < -0.4 is 24.0 Å². The van der Waals surface area contributed by atoms with Gasteiger partial charge in [0, 0.05) is 11.1 Å². The molecule has 0 unspecified atom stereocenters. The number of carbonyl (C=O) groups excluding carboxylic acids is 2. The first kappa shape index (κ1) is 29.2. The molecule has 43 heavy (non-hydrogen) atoms. The third-order valence-corrected chi connectivity index (χ3v) is 6.66. The minimum absolute atomic E-state index is 0.0764. The van der Waals surface area contributed by atoms with E-state index in [0.29, 0.717) is 42.6 Å². The molecule has 0 radical (unpaired) electrons. The molecule has 0 spiro atoms. The molecule has 2 heterocycles. The predicted octanol–water partition coefficient (Wildman–Crippen LogP) is 5.72. The number of fused-ring (bicyclic) bond motifs is 2. The molecular weight excluding hydrogens is 572 g/mol. The number of phenols is 1. The first-order valence-corrected chi connectivity index (χ1v) is 13.0. The average molecular weight is 597 g/mol. The number of phenolic OH excluding ortho intramolecular Hbond substituents is 1. The Morgan fingerprint density at radius 1 is 0.698 bits per heavy atom. The molecule has 2 aliphatic heterocycles. The van der Waals surface area contributed by atoms with Crippen LogP contribution in [0, 0.1) is 23.3 Å². The highest BCUT2D eigenvalue weighted by Crippen LogP contribution is 2.34. The van der Waals surface area contributed by atoms with Crippen LogP contribution in [0.3, 0.4) is 0 Å². The monoisotopic (exact) mass is 596 g/mol. The van der Waals surface area contributed by atoms with Crippen LogP contribution in [-0.2, 0) is 0 Å². The number of benzene rings is 4. The summed E-state index contributed by atoms with van der Waals surface area (Å²) in [6, 6.07) is 17.5. The van der Waals surface area contributed by atoms with Crippen LogP contribution in [0.1, 0.15) is 20.7 Å². The first-order chi connectivity index (χ1) is 20.7. The zero-order valence-electron chi connectivity index (χ0n) is 22.7. The smallest absolute Gasteiger partial charge is 0.258 e. The maximum Gasteiger partial charge on any atom is 0.258 e. The second kappa shape index (κ2) is 12.3. The van der Waals surface area contributed by atoms with Gasteiger partial charge in [0.1, 0.15) is 24.7 Å². The Morgan fingerprint density at radius 2 is 1.09 bits per heavy atom. The van der Waals surface area contributed by atoms with Crippen LogP contribution in [0.15, 0.2) is 72.8 Å². The number of aromatic hydroxyl groups is 1. The summed E-state index contributed by atoms with van der Waals surface area (Å²) in [5.41, 5.74) is 0.880. The number of hydrogen-bond donors (Lipinski definition) is 1. The largest absolute Gasteiger partial charge is 0.503 e. The molecule has 6 rings (SSSR count). The molecule has 222 valence electrons. The molecule has 0 aromatic heterocycles. The second-order valence-corrected chi connectivity index (χ2v) is 9.31. The van der Waals surface area contributed by atoms with Gasteiger partial charge in [0.05, 0.1) is 31.6 Å². The number of para-hydroxylation sites is 4. The quantitative estimate of drug-likeness (QED) is 0.305. The Labute approximate surface area is 243 Å². The molecule has 4 aromatic rings. The number of ether oxygens (including phenoxy) is 3. The summed E-state index contributed by atoms with van der Waals surface area (Å²) >= 11 is 0. The van der Waals surface area contributed by atoms with Gasteiger partial charge in [-0.05, 0) is 48.5 Å². The number of anilines is 2. The first-order valence-electron chi connectivity index (χ1n) is 13.0. The summed E-state index contributed by atoms with van der Waals surface area (Å²) in [6.45, 7) is 1.21. The Hall–Kier alpha value is -5.26. The molecule has 0 bridgehead atoms. The van der Waals surface area contributed by atoms with Crippen LogP contribution >= 0.6 is 0 Å². The molecule has 0 atom stereocenters. The van der Waals surface area contributed by atoms with Crippen molar-refractivity contribution < 1.29 is 46.5 Å². The van der Waals surface area contributed by atoms with Crippen LogP contribution in [0.25, 0.3) is 0 Å². The zero-order valence-corrected chi connectivity index (χ0v) is 22.7. The molecular formula is C31H24F4N2O6. The lowest BCUT2D eigenvalue weighted by Gasteiger charge is -2.29. The summed E-state index contributed by atoms with van der Waals surface area (Å²) in [4.78, 5) is 27.8. The van der Waals surface area contributed by atoms with E-state index in [1.165, 1.54) is 16.9 Å². The number of methoxy groups -OCH3 is 1. The average Bonchev–Trinajstić information content (AvgIpc) is 3.02. The van der Waals surface area contributed by atoms with Gasteiger partial charge in [-0.1, -0.05) is 24.3 Å². The van der Waals surface area contributed by atoms with E-state index in [2.05, 4.69) is 4.74 Å². The highest BCUT2D eigenvalue weighted by atomic mass is 19.1. The van der Waals surface area contributed by atoms with Gasteiger partial charge in [-0.15, -0.1) is 0 Å². The van der Waals surface area contributed by atoms with Crippen molar-refractivity contribution in [3.05, 3.63) is 107 Å². The fraction of sp³-hybridized carbons (Fsp3) is 0.161. The molecule has 0 saturated heterocycles. The summed E-state index contributed by atoms with van der Waals surface area (Å²) < 4.78 is 69.8. The number of halogens is 4. The van der Waals surface area contributed by atoms with Crippen LogP contribution in [0.5, 0.6) is 23.0 Å². The minimum atomic E-state index is -1.17. The summed E-state index contributed by atoms with van der Waals surface area (Å²) in [6.07, 6.45) is 0. The van der Waals surface area contributed by atoms with Gasteiger partial charge in [0.2, 0.25) is 0 Å². The zero-order chi connectivity index (χ0) is 30.7. The highest BCUT2D eigenvalue weighted by Gasteiger charge is 2.27. The van der Waals surface area contributed by atoms with E-state index >= 15 is 0 Å². The van der Waals surface area contributed by atoms with E-state index in [-0.39, 0.29) is 17.7 Å². The predicted molar refractivity (Wildman–Crippen MR) is 148 cm³/mol. The van der Waals surface area contributed by atoms with Crippen molar-refractivity contribution in [2.45, 2.75) is 0 Å². The van der Waals surface area contributed by atoms with Crippen LogP contribution in [0.4, 0.5) is 28.9 Å². The molecule has 0 saturated carbocycles. The molecule has 12 heteroatoms. The maximum absolute atomic E-state index is 13.8. The van der Waals surface area contributed by atoms with Crippen molar-refractivity contribution in [1.29, 1.82) is 0 Å². The normalized spacial score (nSPS) is 13.4. The van der Waals surface area contributed by atoms with Gasteiger partial charge < -0.3 is 29.1 Å². The van der Waals surface area contributed by atoms with Gasteiger partial charge in [0.15, 0.2) is 34.8 Å². The van der Waals surface area contributed by atoms with E-state index in [1.807, 2.05) is 0 Å². The Bertz CT molecular complexity index is 1650. The lowest BCUT2D eigenvalue weighted by atomic mass is 10.1. The number of amides is 2. The van der Waals surface area contributed by atoms with Crippen molar-refractivity contribution in [1.82, 2.24) is 0 Å². The van der Waals surface area contributed by atoms with E-state index in [0.717, 1.165) is 24.3 Å². The minimum Gasteiger partial charge on any atom is -0.503 e. The summed E-state index contributed by atoms with van der Waals surface area (Å²) in [5.74, 6) is -5.68. The van der Waals surface area contributed by atoms with Crippen molar-refractivity contribution >= 4 is 23.2 Å². The Balaban J connectivity index is 0.000000171. The van der Waals surface area contributed by atoms with Crippen molar-refractivity contribution in [2.75, 3.05) is 43.2 Å². The Kier molecular flexibility index (Phi) is 8.37. The fourth-order valence-electron chi connectivity index (χ4n) is 4.64. The highest BCUT2D eigenvalue weighted by molar-refractivity contribution is 6.08. The van der Waals surface area contributed by atoms with Crippen molar-refractivity contribution in [2.24, 2.45) is 0 Å². The second-order valence-electron chi connectivity index (χ2n) is 9.31. The van der Waals surface area contributed by atoms with Crippen LogP contribution in [-0.4, -0.2) is 50.3 Å².